The predicted molar refractivity (Wildman–Crippen MR) is 93.8 cm³/mol. The standard InChI is InChI=1S/C20H34O4/c1-2-24-18(23)20(15-16-20)12-10-8-6-4-3-5-7-9-11-19(13-14-19)17(21)22/h2-16H2,1H3,(H,21,22). The second-order valence-corrected chi connectivity index (χ2v) is 7.91. The van der Waals surface area contributed by atoms with Crippen molar-refractivity contribution in [2.75, 3.05) is 6.61 Å². The molecule has 0 radical (unpaired) electrons. The summed E-state index contributed by atoms with van der Waals surface area (Å²) in [5.74, 6) is -0.557. The molecule has 0 saturated heterocycles. The molecular formula is C20H34O4. The Morgan fingerprint density at radius 3 is 1.58 bits per heavy atom. The van der Waals surface area contributed by atoms with E-state index in [-0.39, 0.29) is 16.8 Å². The van der Waals surface area contributed by atoms with E-state index in [1.54, 1.807) is 0 Å². The number of esters is 1. The molecule has 4 nitrogen and oxygen atoms in total. The van der Waals surface area contributed by atoms with E-state index in [1.165, 1.54) is 38.5 Å². The fourth-order valence-corrected chi connectivity index (χ4v) is 3.70. The zero-order valence-electron chi connectivity index (χ0n) is 15.3. The van der Waals surface area contributed by atoms with Crippen molar-refractivity contribution in [1.29, 1.82) is 0 Å². The van der Waals surface area contributed by atoms with Gasteiger partial charge in [-0.3, -0.25) is 9.59 Å². The van der Waals surface area contributed by atoms with Crippen LogP contribution in [0.2, 0.25) is 0 Å². The summed E-state index contributed by atoms with van der Waals surface area (Å²) in [5, 5.41) is 9.12. The van der Waals surface area contributed by atoms with Crippen LogP contribution >= 0.6 is 0 Å². The molecule has 0 heterocycles. The molecule has 0 spiro atoms. The predicted octanol–water partition coefficient (Wildman–Crippen LogP) is 5.10. The second-order valence-electron chi connectivity index (χ2n) is 7.91. The first-order valence-corrected chi connectivity index (χ1v) is 9.95. The molecule has 2 rings (SSSR count). The minimum absolute atomic E-state index is 0.0276. The van der Waals surface area contributed by atoms with Gasteiger partial charge in [0.25, 0.3) is 0 Å². The number of carbonyl (C=O) groups excluding carboxylic acids is 1. The van der Waals surface area contributed by atoms with Gasteiger partial charge >= 0.3 is 11.9 Å². The maximum Gasteiger partial charge on any atom is 0.312 e. The second kappa shape index (κ2) is 8.87. The summed E-state index contributed by atoms with van der Waals surface area (Å²) >= 11 is 0. The fraction of sp³-hybridized carbons (Fsp3) is 0.900. The number of unbranched alkanes of at least 4 members (excludes halogenated alkanes) is 7. The molecule has 1 N–H and O–H groups in total. The maximum absolute atomic E-state index is 11.9. The highest BCUT2D eigenvalue weighted by Crippen LogP contribution is 2.51. The van der Waals surface area contributed by atoms with Crippen molar-refractivity contribution >= 4 is 11.9 Å². The van der Waals surface area contributed by atoms with Crippen LogP contribution in [0, 0.1) is 10.8 Å². The third-order valence-electron chi connectivity index (χ3n) is 5.93. The zero-order valence-corrected chi connectivity index (χ0v) is 15.3. The molecule has 0 amide bonds. The van der Waals surface area contributed by atoms with E-state index in [1.807, 2.05) is 6.92 Å². The Balaban J connectivity index is 1.38. The Hall–Kier alpha value is -1.06. The van der Waals surface area contributed by atoms with E-state index in [0.29, 0.717) is 6.61 Å². The molecule has 2 saturated carbocycles. The van der Waals surface area contributed by atoms with Crippen LogP contribution in [0.15, 0.2) is 0 Å². The lowest BCUT2D eigenvalue weighted by Crippen LogP contribution is -2.18. The third kappa shape index (κ3) is 5.49. The Morgan fingerprint density at radius 1 is 0.792 bits per heavy atom. The molecule has 2 aliphatic rings. The number of rotatable bonds is 14. The lowest BCUT2D eigenvalue weighted by atomic mass is 9.96. The van der Waals surface area contributed by atoms with Crippen LogP contribution in [0.1, 0.15) is 96.8 Å². The van der Waals surface area contributed by atoms with E-state index < -0.39 is 5.97 Å². The quantitative estimate of drug-likeness (QED) is 0.354. The van der Waals surface area contributed by atoms with Crippen molar-refractivity contribution in [3.05, 3.63) is 0 Å². The summed E-state index contributed by atoms with van der Waals surface area (Å²) in [6, 6.07) is 0. The van der Waals surface area contributed by atoms with Crippen molar-refractivity contribution in [2.45, 2.75) is 96.8 Å². The average molecular weight is 338 g/mol. The zero-order chi connectivity index (χ0) is 17.5. The number of hydrogen-bond acceptors (Lipinski definition) is 3. The summed E-state index contributed by atoms with van der Waals surface area (Å²) < 4.78 is 5.17. The van der Waals surface area contributed by atoms with Crippen molar-refractivity contribution in [3.8, 4) is 0 Å². The highest BCUT2D eigenvalue weighted by atomic mass is 16.5. The van der Waals surface area contributed by atoms with E-state index in [2.05, 4.69) is 0 Å². The van der Waals surface area contributed by atoms with E-state index in [9.17, 15) is 9.59 Å². The lowest BCUT2D eigenvalue weighted by Gasteiger charge is -2.13. The summed E-state index contributed by atoms with van der Waals surface area (Å²) in [4.78, 5) is 22.9. The van der Waals surface area contributed by atoms with E-state index in [4.69, 9.17) is 9.84 Å². The highest BCUT2D eigenvalue weighted by molar-refractivity contribution is 5.79. The normalized spacial score (nSPS) is 19.7. The van der Waals surface area contributed by atoms with Gasteiger partial charge in [0.15, 0.2) is 0 Å². The highest BCUT2D eigenvalue weighted by Gasteiger charge is 2.50. The Labute approximate surface area is 146 Å². The number of carboxylic acids is 1. The van der Waals surface area contributed by atoms with E-state index in [0.717, 1.165) is 51.4 Å². The maximum atomic E-state index is 11.9. The Morgan fingerprint density at radius 2 is 1.21 bits per heavy atom. The Kier molecular flexibility index (Phi) is 7.12. The van der Waals surface area contributed by atoms with Gasteiger partial charge in [-0.1, -0.05) is 51.4 Å². The SMILES string of the molecule is CCOC(=O)C1(CCCCCCCCCCC2(C(=O)O)CC2)CC1. The summed E-state index contributed by atoms with van der Waals surface area (Å²) in [6.45, 7) is 2.37. The number of carboxylic acid groups (broad SMARTS) is 1. The number of ether oxygens (including phenoxy) is 1. The molecule has 4 heteroatoms. The summed E-state index contributed by atoms with van der Waals surface area (Å²) in [7, 11) is 0. The van der Waals surface area contributed by atoms with Crippen LogP contribution in [0.25, 0.3) is 0 Å². The molecule has 0 atom stereocenters. The summed E-state index contributed by atoms with van der Waals surface area (Å²) in [6.07, 6.45) is 15.2. The van der Waals surface area contributed by atoms with Gasteiger partial charge in [0.1, 0.15) is 0 Å². The molecule has 0 aliphatic heterocycles. The molecule has 2 aliphatic carbocycles. The smallest absolute Gasteiger partial charge is 0.312 e. The minimum atomic E-state index is -0.584. The largest absolute Gasteiger partial charge is 0.481 e. The van der Waals surface area contributed by atoms with Gasteiger partial charge in [-0.2, -0.15) is 0 Å². The first-order valence-electron chi connectivity index (χ1n) is 9.95. The van der Waals surface area contributed by atoms with Crippen LogP contribution in [0.4, 0.5) is 0 Å². The van der Waals surface area contributed by atoms with Crippen LogP contribution in [-0.2, 0) is 14.3 Å². The number of carbonyl (C=O) groups is 2. The van der Waals surface area contributed by atoms with Crippen molar-refractivity contribution < 1.29 is 19.4 Å². The molecule has 24 heavy (non-hydrogen) atoms. The molecule has 2 fully saturated rings. The van der Waals surface area contributed by atoms with Crippen LogP contribution in [0.5, 0.6) is 0 Å². The minimum Gasteiger partial charge on any atom is -0.481 e. The van der Waals surface area contributed by atoms with Gasteiger partial charge in [-0.15, -0.1) is 0 Å². The molecular weight excluding hydrogens is 304 g/mol. The first kappa shape index (κ1) is 19.3. The molecule has 138 valence electrons. The molecule has 0 aromatic carbocycles. The molecule has 0 aromatic rings. The molecule has 0 unspecified atom stereocenters. The van der Waals surface area contributed by atoms with Gasteiger partial charge in [-0.05, 0) is 45.4 Å². The lowest BCUT2D eigenvalue weighted by molar-refractivity contribution is -0.150. The van der Waals surface area contributed by atoms with Gasteiger partial charge < -0.3 is 9.84 Å². The molecule has 0 aromatic heterocycles. The van der Waals surface area contributed by atoms with Crippen LogP contribution in [0.3, 0.4) is 0 Å². The van der Waals surface area contributed by atoms with Gasteiger partial charge in [0.05, 0.1) is 17.4 Å². The average Bonchev–Trinajstić information content (AvgIpc) is 3.44. The van der Waals surface area contributed by atoms with Gasteiger partial charge in [0, 0.05) is 0 Å². The van der Waals surface area contributed by atoms with Crippen molar-refractivity contribution in [2.24, 2.45) is 10.8 Å². The van der Waals surface area contributed by atoms with E-state index >= 15 is 0 Å². The number of hydrogen-bond donors (Lipinski definition) is 1. The van der Waals surface area contributed by atoms with Crippen molar-refractivity contribution in [1.82, 2.24) is 0 Å². The van der Waals surface area contributed by atoms with Crippen LogP contribution < -0.4 is 0 Å². The summed E-state index contributed by atoms with van der Waals surface area (Å²) in [5.41, 5.74) is -0.448. The molecule has 0 bridgehead atoms. The van der Waals surface area contributed by atoms with Gasteiger partial charge in [-0.25, -0.2) is 0 Å². The fourth-order valence-electron chi connectivity index (χ4n) is 3.70. The monoisotopic (exact) mass is 338 g/mol. The topological polar surface area (TPSA) is 63.6 Å². The van der Waals surface area contributed by atoms with Gasteiger partial charge in [0.2, 0.25) is 0 Å². The number of aliphatic carboxylic acids is 1. The first-order chi connectivity index (χ1) is 11.5. The third-order valence-corrected chi connectivity index (χ3v) is 5.93. The Bertz CT molecular complexity index is 421. The van der Waals surface area contributed by atoms with Crippen LogP contribution in [-0.4, -0.2) is 23.7 Å². The van der Waals surface area contributed by atoms with Crippen molar-refractivity contribution in [3.63, 3.8) is 0 Å².